The van der Waals surface area contributed by atoms with Gasteiger partial charge in [-0.05, 0) is 43.9 Å². The van der Waals surface area contributed by atoms with E-state index in [0.29, 0.717) is 12.3 Å². The second-order valence-electron chi connectivity index (χ2n) is 4.45. The molecule has 0 bridgehead atoms. The summed E-state index contributed by atoms with van der Waals surface area (Å²) in [5, 5.41) is 3.72. The lowest BCUT2D eigenvalue weighted by molar-refractivity contribution is -0.121. The van der Waals surface area contributed by atoms with Gasteiger partial charge in [-0.1, -0.05) is 23.7 Å². The summed E-state index contributed by atoms with van der Waals surface area (Å²) in [5.74, 6) is 0.717. The van der Waals surface area contributed by atoms with Crippen molar-refractivity contribution in [2.45, 2.75) is 38.6 Å². The molecule has 0 radical (unpaired) electrons. The molecular formula is C14H19Cl2NO. The molecular weight excluding hydrogens is 269 g/mol. The molecule has 1 atom stereocenters. The average molecular weight is 288 g/mol. The smallest absolute Gasteiger partial charge is 0.220 e. The van der Waals surface area contributed by atoms with Crippen LogP contribution in [0.4, 0.5) is 0 Å². The van der Waals surface area contributed by atoms with Gasteiger partial charge in [-0.3, -0.25) is 4.79 Å². The SMILES string of the molecule is CC(Cc1ccc(Cl)cc1)NC(=O)CCCCCl. The van der Waals surface area contributed by atoms with Crippen molar-refractivity contribution in [3.05, 3.63) is 34.9 Å². The van der Waals surface area contributed by atoms with Crippen LogP contribution in [0.1, 0.15) is 31.7 Å². The van der Waals surface area contributed by atoms with E-state index in [0.717, 1.165) is 24.3 Å². The average Bonchev–Trinajstić information content (AvgIpc) is 2.32. The summed E-state index contributed by atoms with van der Waals surface area (Å²) < 4.78 is 0. The molecule has 0 aliphatic rings. The maximum Gasteiger partial charge on any atom is 0.220 e. The minimum Gasteiger partial charge on any atom is -0.353 e. The van der Waals surface area contributed by atoms with E-state index >= 15 is 0 Å². The minimum absolute atomic E-state index is 0.0987. The molecule has 18 heavy (non-hydrogen) atoms. The highest BCUT2D eigenvalue weighted by molar-refractivity contribution is 6.30. The van der Waals surface area contributed by atoms with Crippen molar-refractivity contribution in [3.8, 4) is 0 Å². The monoisotopic (exact) mass is 287 g/mol. The Labute approximate surface area is 119 Å². The van der Waals surface area contributed by atoms with E-state index < -0.39 is 0 Å². The Balaban J connectivity index is 2.30. The van der Waals surface area contributed by atoms with Crippen LogP contribution >= 0.6 is 23.2 Å². The number of benzene rings is 1. The standard InChI is InChI=1S/C14H19Cl2NO/c1-11(17-14(18)4-2-3-9-15)10-12-5-7-13(16)8-6-12/h5-8,11H,2-4,9-10H2,1H3,(H,17,18). The first kappa shape index (κ1) is 15.3. The predicted molar refractivity (Wildman–Crippen MR) is 77.3 cm³/mol. The van der Waals surface area contributed by atoms with Gasteiger partial charge >= 0.3 is 0 Å². The number of nitrogens with one attached hydrogen (secondary N) is 1. The van der Waals surface area contributed by atoms with E-state index in [1.54, 1.807) is 0 Å². The summed E-state index contributed by atoms with van der Waals surface area (Å²) in [7, 11) is 0. The third-order valence-corrected chi connectivity index (χ3v) is 3.17. The minimum atomic E-state index is 0.0987. The summed E-state index contributed by atoms with van der Waals surface area (Å²) in [6, 6.07) is 7.84. The second kappa shape index (κ2) is 8.39. The first-order chi connectivity index (χ1) is 8.61. The molecule has 1 unspecified atom stereocenters. The van der Waals surface area contributed by atoms with E-state index in [4.69, 9.17) is 23.2 Å². The van der Waals surface area contributed by atoms with Gasteiger partial charge in [0.15, 0.2) is 0 Å². The van der Waals surface area contributed by atoms with Crippen LogP contribution in [0.3, 0.4) is 0 Å². The van der Waals surface area contributed by atoms with Crippen LogP contribution in [0.25, 0.3) is 0 Å². The highest BCUT2D eigenvalue weighted by Crippen LogP contribution is 2.11. The summed E-state index contributed by atoms with van der Waals surface area (Å²) in [4.78, 5) is 11.6. The van der Waals surface area contributed by atoms with Gasteiger partial charge < -0.3 is 5.32 Å². The Bertz CT molecular complexity index is 365. The zero-order chi connectivity index (χ0) is 13.4. The molecule has 0 saturated carbocycles. The number of hydrogen-bond acceptors (Lipinski definition) is 1. The largest absolute Gasteiger partial charge is 0.353 e. The number of hydrogen-bond donors (Lipinski definition) is 1. The molecule has 1 aromatic rings. The van der Waals surface area contributed by atoms with Crippen molar-refractivity contribution in [3.63, 3.8) is 0 Å². The predicted octanol–water partition coefficient (Wildman–Crippen LogP) is 3.80. The number of carbonyl (C=O) groups excluding carboxylic acids is 1. The molecule has 0 aromatic heterocycles. The topological polar surface area (TPSA) is 29.1 Å². The quantitative estimate of drug-likeness (QED) is 0.600. The molecule has 1 N–H and O–H groups in total. The zero-order valence-corrected chi connectivity index (χ0v) is 12.1. The van der Waals surface area contributed by atoms with Gasteiger partial charge in [-0.2, -0.15) is 0 Å². The molecule has 0 aliphatic carbocycles. The Hall–Kier alpha value is -0.730. The van der Waals surface area contributed by atoms with Crippen LogP contribution in [0.5, 0.6) is 0 Å². The first-order valence-corrected chi connectivity index (χ1v) is 7.13. The Morgan fingerprint density at radius 3 is 2.56 bits per heavy atom. The summed E-state index contributed by atoms with van der Waals surface area (Å²) in [6.45, 7) is 2.01. The fourth-order valence-corrected chi connectivity index (χ4v) is 2.07. The highest BCUT2D eigenvalue weighted by Gasteiger charge is 2.07. The van der Waals surface area contributed by atoms with Gasteiger partial charge in [0, 0.05) is 23.4 Å². The van der Waals surface area contributed by atoms with Crippen molar-refractivity contribution < 1.29 is 4.79 Å². The third kappa shape index (κ3) is 6.27. The van der Waals surface area contributed by atoms with E-state index in [1.165, 1.54) is 5.56 Å². The molecule has 100 valence electrons. The lowest BCUT2D eigenvalue weighted by Crippen LogP contribution is -2.33. The number of amides is 1. The molecule has 4 heteroatoms. The van der Waals surface area contributed by atoms with Gasteiger partial charge in [-0.15, -0.1) is 11.6 Å². The summed E-state index contributed by atoms with van der Waals surface area (Å²) >= 11 is 11.4. The Kier molecular flexibility index (Phi) is 7.14. The van der Waals surface area contributed by atoms with Gasteiger partial charge in [0.1, 0.15) is 0 Å². The number of unbranched alkanes of at least 4 members (excludes halogenated alkanes) is 1. The maximum atomic E-state index is 11.6. The maximum absolute atomic E-state index is 11.6. The van der Waals surface area contributed by atoms with E-state index in [-0.39, 0.29) is 11.9 Å². The van der Waals surface area contributed by atoms with Crippen LogP contribution in [0.15, 0.2) is 24.3 Å². The summed E-state index contributed by atoms with van der Waals surface area (Å²) in [6.07, 6.45) is 3.11. The fourth-order valence-electron chi connectivity index (χ4n) is 1.75. The number of halogens is 2. The number of rotatable bonds is 7. The Morgan fingerprint density at radius 2 is 1.94 bits per heavy atom. The van der Waals surface area contributed by atoms with Crippen LogP contribution < -0.4 is 5.32 Å². The van der Waals surface area contributed by atoms with Crippen molar-refractivity contribution in [2.75, 3.05) is 5.88 Å². The lowest BCUT2D eigenvalue weighted by Gasteiger charge is -2.14. The van der Waals surface area contributed by atoms with Crippen molar-refractivity contribution in [1.82, 2.24) is 5.32 Å². The normalized spacial score (nSPS) is 12.2. The van der Waals surface area contributed by atoms with Gasteiger partial charge in [0.05, 0.1) is 0 Å². The summed E-state index contributed by atoms with van der Waals surface area (Å²) in [5.41, 5.74) is 1.17. The molecule has 0 aliphatic heterocycles. The van der Waals surface area contributed by atoms with Gasteiger partial charge in [-0.25, -0.2) is 0 Å². The fraction of sp³-hybridized carbons (Fsp3) is 0.500. The van der Waals surface area contributed by atoms with E-state index in [9.17, 15) is 4.79 Å². The van der Waals surface area contributed by atoms with Crippen molar-refractivity contribution >= 4 is 29.1 Å². The second-order valence-corrected chi connectivity index (χ2v) is 5.26. The van der Waals surface area contributed by atoms with Crippen molar-refractivity contribution in [1.29, 1.82) is 0 Å². The number of carbonyl (C=O) groups is 1. The zero-order valence-electron chi connectivity index (χ0n) is 10.6. The lowest BCUT2D eigenvalue weighted by atomic mass is 10.1. The third-order valence-electron chi connectivity index (χ3n) is 2.65. The van der Waals surface area contributed by atoms with Crippen molar-refractivity contribution in [2.24, 2.45) is 0 Å². The van der Waals surface area contributed by atoms with Gasteiger partial charge in [0.2, 0.25) is 5.91 Å². The first-order valence-electron chi connectivity index (χ1n) is 6.21. The molecule has 1 rings (SSSR count). The van der Waals surface area contributed by atoms with E-state index in [2.05, 4.69) is 5.32 Å². The van der Waals surface area contributed by atoms with Crippen LogP contribution in [-0.4, -0.2) is 17.8 Å². The van der Waals surface area contributed by atoms with Crippen LogP contribution in [0.2, 0.25) is 5.02 Å². The highest BCUT2D eigenvalue weighted by atomic mass is 35.5. The molecule has 1 amide bonds. The Morgan fingerprint density at radius 1 is 1.28 bits per heavy atom. The molecule has 0 fully saturated rings. The molecule has 1 aromatic carbocycles. The van der Waals surface area contributed by atoms with Crippen LogP contribution in [-0.2, 0) is 11.2 Å². The number of alkyl halides is 1. The molecule has 2 nitrogen and oxygen atoms in total. The molecule has 0 saturated heterocycles. The molecule has 0 heterocycles. The van der Waals surface area contributed by atoms with Crippen LogP contribution in [0, 0.1) is 0 Å². The van der Waals surface area contributed by atoms with E-state index in [1.807, 2.05) is 31.2 Å². The van der Waals surface area contributed by atoms with Gasteiger partial charge in [0.25, 0.3) is 0 Å². The molecule has 0 spiro atoms.